The number of benzene rings is 2. The summed E-state index contributed by atoms with van der Waals surface area (Å²) >= 11 is 0. The summed E-state index contributed by atoms with van der Waals surface area (Å²) in [6.45, 7) is -0.0715. The predicted molar refractivity (Wildman–Crippen MR) is 85.4 cm³/mol. The van der Waals surface area contributed by atoms with Crippen LogP contribution < -0.4 is 9.46 Å². The number of ether oxygens (including phenoxy) is 1. The molecule has 0 atom stereocenters. The van der Waals surface area contributed by atoms with Crippen LogP contribution in [0.1, 0.15) is 5.56 Å². The van der Waals surface area contributed by atoms with Crippen molar-refractivity contribution in [3.63, 3.8) is 0 Å². The first-order valence-electron chi connectivity index (χ1n) is 7.16. The minimum absolute atomic E-state index is 0.0715. The fourth-order valence-electron chi connectivity index (χ4n) is 2.44. The maximum absolute atomic E-state index is 12.5. The Kier molecular flexibility index (Phi) is 4.44. The van der Waals surface area contributed by atoms with E-state index in [2.05, 4.69) is 14.4 Å². The zero-order valence-electron chi connectivity index (χ0n) is 12.7. The molecule has 1 heterocycles. The van der Waals surface area contributed by atoms with Crippen LogP contribution in [-0.4, -0.2) is 19.8 Å². The Morgan fingerprint density at radius 1 is 1.04 bits per heavy atom. The topological polar surface area (TPSA) is 71.2 Å². The van der Waals surface area contributed by atoms with Gasteiger partial charge in [-0.15, -0.1) is 13.2 Å². The van der Waals surface area contributed by atoms with Crippen molar-refractivity contribution in [2.75, 3.05) is 0 Å². The number of para-hydroxylation sites is 1. The molecule has 9 heteroatoms. The van der Waals surface area contributed by atoms with Gasteiger partial charge in [-0.1, -0.05) is 24.3 Å². The maximum atomic E-state index is 12.5. The number of hydrogen-bond acceptors (Lipinski definition) is 3. The van der Waals surface area contributed by atoms with Crippen LogP contribution in [0.5, 0.6) is 5.75 Å². The lowest BCUT2D eigenvalue weighted by Crippen LogP contribution is -2.25. The second kappa shape index (κ2) is 6.41. The number of halogens is 3. The molecule has 1 aromatic heterocycles. The number of sulfonamides is 1. The first-order chi connectivity index (χ1) is 11.8. The Morgan fingerprint density at radius 3 is 2.56 bits per heavy atom. The monoisotopic (exact) mass is 370 g/mol. The van der Waals surface area contributed by atoms with E-state index in [4.69, 9.17) is 0 Å². The average molecular weight is 370 g/mol. The summed E-state index contributed by atoms with van der Waals surface area (Å²) in [7, 11) is -4.20. The molecule has 0 aliphatic rings. The highest BCUT2D eigenvalue weighted by Crippen LogP contribution is 2.29. The van der Waals surface area contributed by atoms with Gasteiger partial charge < -0.3 is 9.72 Å². The van der Waals surface area contributed by atoms with E-state index in [1.807, 2.05) is 6.07 Å². The Labute approximate surface area is 141 Å². The molecule has 0 aliphatic heterocycles. The Balaban J connectivity index is 1.87. The van der Waals surface area contributed by atoms with Crippen LogP contribution in [0.2, 0.25) is 0 Å². The second-order valence-electron chi connectivity index (χ2n) is 5.18. The molecule has 2 aromatic carbocycles. The van der Waals surface area contributed by atoms with Crippen LogP contribution in [0.15, 0.2) is 59.6 Å². The van der Waals surface area contributed by atoms with E-state index in [1.165, 1.54) is 12.1 Å². The number of aromatic nitrogens is 1. The zero-order valence-corrected chi connectivity index (χ0v) is 13.5. The first-order valence-corrected chi connectivity index (χ1v) is 8.64. The van der Waals surface area contributed by atoms with Crippen LogP contribution in [0.25, 0.3) is 10.9 Å². The van der Waals surface area contributed by atoms with E-state index in [-0.39, 0.29) is 6.54 Å². The summed E-state index contributed by atoms with van der Waals surface area (Å²) in [5.41, 5.74) is 1.52. The number of rotatable bonds is 5. The molecule has 0 fully saturated rings. The van der Waals surface area contributed by atoms with Gasteiger partial charge in [0, 0.05) is 23.6 Å². The third-order valence-corrected chi connectivity index (χ3v) is 4.94. The van der Waals surface area contributed by atoms with Crippen molar-refractivity contribution >= 4 is 20.9 Å². The molecule has 0 saturated carbocycles. The van der Waals surface area contributed by atoms with Crippen LogP contribution in [0, 0.1) is 0 Å². The molecule has 132 valence electrons. The molecule has 0 unspecified atom stereocenters. The number of nitrogens with one attached hydrogen (secondary N) is 2. The van der Waals surface area contributed by atoms with Gasteiger partial charge in [-0.25, -0.2) is 13.1 Å². The normalized spacial score (nSPS) is 12.4. The standard InChI is InChI=1S/C16H13F3N2O3S/c17-16(18,19)24-14-6-1-2-7-15(14)25(22,23)21-10-11-4-3-5-13-12(11)8-9-20-13/h1-9,20-21H,10H2. The zero-order chi connectivity index (χ0) is 18.1. The molecule has 3 rings (SSSR count). The van der Waals surface area contributed by atoms with Crippen molar-refractivity contribution in [3.05, 3.63) is 60.3 Å². The molecule has 0 saturated heterocycles. The van der Waals surface area contributed by atoms with Crippen LogP contribution in [0.3, 0.4) is 0 Å². The van der Waals surface area contributed by atoms with Crippen molar-refractivity contribution in [3.8, 4) is 5.75 Å². The number of aromatic amines is 1. The molecule has 0 aliphatic carbocycles. The highest BCUT2D eigenvalue weighted by molar-refractivity contribution is 7.89. The van der Waals surface area contributed by atoms with Gasteiger partial charge in [0.1, 0.15) is 10.6 Å². The minimum Gasteiger partial charge on any atom is -0.404 e. The molecule has 0 bridgehead atoms. The maximum Gasteiger partial charge on any atom is 0.573 e. The van der Waals surface area contributed by atoms with Gasteiger partial charge in [0.05, 0.1) is 0 Å². The Hall–Kier alpha value is -2.52. The summed E-state index contributed by atoms with van der Waals surface area (Å²) in [6.07, 6.45) is -3.27. The van der Waals surface area contributed by atoms with Crippen LogP contribution in [-0.2, 0) is 16.6 Å². The second-order valence-corrected chi connectivity index (χ2v) is 6.91. The fourth-order valence-corrected chi connectivity index (χ4v) is 3.57. The van der Waals surface area contributed by atoms with Gasteiger partial charge in [0.15, 0.2) is 0 Å². The molecule has 3 aromatic rings. The lowest BCUT2D eigenvalue weighted by Gasteiger charge is -2.14. The Morgan fingerprint density at radius 2 is 1.80 bits per heavy atom. The lowest BCUT2D eigenvalue weighted by molar-refractivity contribution is -0.275. The average Bonchev–Trinajstić information content (AvgIpc) is 3.01. The SMILES string of the molecule is O=S(=O)(NCc1cccc2[nH]ccc12)c1ccccc1OC(F)(F)F. The van der Waals surface area contributed by atoms with Crippen molar-refractivity contribution in [1.82, 2.24) is 9.71 Å². The predicted octanol–water partition coefficient (Wildman–Crippen LogP) is 3.55. The molecular formula is C16H13F3N2O3S. The molecule has 2 N–H and O–H groups in total. The molecule has 0 amide bonds. The number of H-pyrrole nitrogens is 1. The van der Waals surface area contributed by atoms with Crippen molar-refractivity contribution in [2.24, 2.45) is 0 Å². The molecular weight excluding hydrogens is 357 g/mol. The first kappa shape index (κ1) is 17.3. The van der Waals surface area contributed by atoms with Gasteiger partial charge in [-0.3, -0.25) is 0 Å². The summed E-state index contributed by atoms with van der Waals surface area (Å²) in [4.78, 5) is 2.43. The van der Waals surface area contributed by atoms with E-state index in [9.17, 15) is 21.6 Å². The fraction of sp³-hybridized carbons (Fsp3) is 0.125. The third kappa shape index (κ3) is 3.94. The van der Waals surface area contributed by atoms with Gasteiger partial charge in [-0.05, 0) is 29.8 Å². The summed E-state index contributed by atoms with van der Waals surface area (Å²) in [6, 6.07) is 11.7. The quantitative estimate of drug-likeness (QED) is 0.722. The highest BCUT2D eigenvalue weighted by Gasteiger charge is 2.33. The summed E-state index contributed by atoms with van der Waals surface area (Å²) in [5.74, 6) is -0.776. The number of fused-ring (bicyclic) bond motifs is 1. The number of hydrogen-bond donors (Lipinski definition) is 2. The van der Waals surface area contributed by atoms with E-state index in [0.717, 1.165) is 23.0 Å². The van der Waals surface area contributed by atoms with E-state index < -0.39 is 27.0 Å². The van der Waals surface area contributed by atoms with E-state index in [0.29, 0.717) is 5.56 Å². The number of alkyl halides is 3. The molecule has 0 radical (unpaired) electrons. The van der Waals surface area contributed by atoms with Crippen LogP contribution in [0.4, 0.5) is 13.2 Å². The van der Waals surface area contributed by atoms with Gasteiger partial charge in [0.25, 0.3) is 0 Å². The van der Waals surface area contributed by atoms with Gasteiger partial charge in [0.2, 0.25) is 10.0 Å². The summed E-state index contributed by atoms with van der Waals surface area (Å²) < 4.78 is 68.3. The minimum atomic E-state index is -4.98. The van der Waals surface area contributed by atoms with Crippen LogP contribution >= 0.6 is 0 Å². The van der Waals surface area contributed by atoms with Crippen molar-refractivity contribution in [1.29, 1.82) is 0 Å². The van der Waals surface area contributed by atoms with Gasteiger partial charge >= 0.3 is 6.36 Å². The van der Waals surface area contributed by atoms with Gasteiger partial charge in [-0.2, -0.15) is 0 Å². The molecule has 25 heavy (non-hydrogen) atoms. The highest BCUT2D eigenvalue weighted by atomic mass is 32.2. The van der Waals surface area contributed by atoms with E-state index in [1.54, 1.807) is 24.4 Å². The van der Waals surface area contributed by atoms with E-state index >= 15 is 0 Å². The summed E-state index contributed by atoms with van der Waals surface area (Å²) in [5, 5.41) is 0.824. The Bertz CT molecular complexity index is 997. The van der Waals surface area contributed by atoms with Crippen molar-refractivity contribution in [2.45, 2.75) is 17.8 Å². The molecule has 5 nitrogen and oxygen atoms in total. The smallest absolute Gasteiger partial charge is 0.404 e. The van der Waals surface area contributed by atoms with Crippen molar-refractivity contribution < 1.29 is 26.3 Å². The largest absolute Gasteiger partial charge is 0.573 e. The molecule has 0 spiro atoms. The third-order valence-electron chi connectivity index (χ3n) is 3.50. The lowest BCUT2D eigenvalue weighted by atomic mass is 10.1.